The van der Waals surface area contributed by atoms with E-state index >= 15 is 0 Å². The average Bonchev–Trinajstić information content (AvgIpc) is 2.67. The van der Waals surface area contributed by atoms with Crippen LogP contribution in [0.4, 0.5) is 0 Å². The second kappa shape index (κ2) is 9.00. The van der Waals surface area contributed by atoms with E-state index in [2.05, 4.69) is 0 Å². The Labute approximate surface area is 167 Å². The van der Waals surface area contributed by atoms with Crippen LogP contribution < -0.4 is 0 Å². The molecule has 2 aromatic carbocycles. The molecule has 2 aromatic rings. The fourth-order valence-electron chi connectivity index (χ4n) is 2.72. The summed E-state index contributed by atoms with van der Waals surface area (Å²) in [7, 11) is 0. The summed E-state index contributed by atoms with van der Waals surface area (Å²) in [6.07, 6.45) is 0.929. The molecule has 0 aromatic heterocycles. The normalized spacial score (nSPS) is 14.5. The summed E-state index contributed by atoms with van der Waals surface area (Å²) in [6.45, 7) is 2.47. The Morgan fingerprint density at radius 2 is 1.81 bits per heavy atom. The van der Waals surface area contributed by atoms with Crippen LogP contribution >= 0.6 is 35.0 Å². The van der Waals surface area contributed by atoms with Crippen LogP contribution in [-0.4, -0.2) is 42.2 Å². The van der Waals surface area contributed by atoms with Gasteiger partial charge in [-0.3, -0.25) is 4.79 Å². The standard InChI is InChI=1S/C19H19Cl2NO3S/c20-18-13(6-8-17(24)22-9-11-25-12-10-22)5-7-16(19(18)21)26-15-4-2-1-3-14(15)23/h1-5,7,23H,6,8-12H2. The van der Waals surface area contributed by atoms with Crippen LogP contribution in [0.25, 0.3) is 0 Å². The van der Waals surface area contributed by atoms with Crippen LogP contribution in [0.5, 0.6) is 5.75 Å². The highest BCUT2D eigenvalue weighted by atomic mass is 35.5. The van der Waals surface area contributed by atoms with Gasteiger partial charge in [-0.25, -0.2) is 0 Å². The van der Waals surface area contributed by atoms with E-state index in [4.69, 9.17) is 27.9 Å². The van der Waals surface area contributed by atoms with Crippen molar-refractivity contribution < 1.29 is 14.6 Å². The molecule has 1 aliphatic rings. The first-order valence-electron chi connectivity index (χ1n) is 8.34. The molecule has 0 saturated carbocycles. The minimum atomic E-state index is 0.105. The average molecular weight is 412 g/mol. The Bertz CT molecular complexity index is 794. The van der Waals surface area contributed by atoms with E-state index in [9.17, 15) is 9.90 Å². The predicted molar refractivity (Wildman–Crippen MR) is 104 cm³/mol. The first kappa shape index (κ1) is 19.4. The molecule has 1 fully saturated rings. The third-order valence-electron chi connectivity index (χ3n) is 4.18. The number of ether oxygens (including phenoxy) is 1. The van der Waals surface area contributed by atoms with Crippen molar-refractivity contribution in [2.45, 2.75) is 22.6 Å². The van der Waals surface area contributed by atoms with Crippen molar-refractivity contribution in [1.82, 2.24) is 4.90 Å². The topological polar surface area (TPSA) is 49.8 Å². The van der Waals surface area contributed by atoms with Crippen molar-refractivity contribution in [1.29, 1.82) is 0 Å². The third-order valence-corrected chi connectivity index (χ3v) is 6.34. The Hall–Kier alpha value is -1.40. The van der Waals surface area contributed by atoms with E-state index in [1.165, 1.54) is 11.8 Å². The monoisotopic (exact) mass is 411 g/mol. The van der Waals surface area contributed by atoms with Gasteiger partial charge in [0, 0.05) is 24.4 Å². The van der Waals surface area contributed by atoms with E-state index < -0.39 is 0 Å². The molecule has 0 aliphatic carbocycles. The fraction of sp³-hybridized carbons (Fsp3) is 0.316. The quantitative estimate of drug-likeness (QED) is 0.777. The molecule has 0 atom stereocenters. The van der Waals surface area contributed by atoms with Gasteiger partial charge in [-0.2, -0.15) is 0 Å². The third kappa shape index (κ3) is 4.65. The molecule has 1 aliphatic heterocycles. The highest BCUT2D eigenvalue weighted by Gasteiger charge is 2.18. The van der Waals surface area contributed by atoms with E-state index in [0.29, 0.717) is 54.1 Å². The van der Waals surface area contributed by atoms with Gasteiger partial charge in [0.25, 0.3) is 0 Å². The molecule has 138 valence electrons. The van der Waals surface area contributed by atoms with Gasteiger partial charge in [0.2, 0.25) is 5.91 Å². The molecular weight excluding hydrogens is 393 g/mol. The van der Waals surface area contributed by atoms with Gasteiger partial charge in [0.05, 0.1) is 28.2 Å². The lowest BCUT2D eigenvalue weighted by Gasteiger charge is -2.27. The Morgan fingerprint density at radius 1 is 1.08 bits per heavy atom. The largest absolute Gasteiger partial charge is 0.507 e. The van der Waals surface area contributed by atoms with E-state index in [1.54, 1.807) is 12.1 Å². The zero-order valence-corrected chi connectivity index (χ0v) is 16.4. The van der Waals surface area contributed by atoms with Crippen molar-refractivity contribution in [2.24, 2.45) is 0 Å². The molecule has 0 radical (unpaired) electrons. The number of hydrogen-bond donors (Lipinski definition) is 1. The highest BCUT2D eigenvalue weighted by Crippen LogP contribution is 2.41. The van der Waals surface area contributed by atoms with Crippen molar-refractivity contribution in [3.8, 4) is 5.75 Å². The van der Waals surface area contributed by atoms with Crippen LogP contribution in [0.3, 0.4) is 0 Å². The molecule has 1 amide bonds. The van der Waals surface area contributed by atoms with Crippen LogP contribution in [-0.2, 0) is 16.0 Å². The Morgan fingerprint density at radius 3 is 2.54 bits per heavy atom. The maximum Gasteiger partial charge on any atom is 0.223 e. The van der Waals surface area contributed by atoms with E-state index in [1.807, 2.05) is 29.2 Å². The van der Waals surface area contributed by atoms with E-state index in [0.717, 1.165) is 10.5 Å². The van der Waals surface area contributed by atoms with Crippen LogP contribution in [0.1, 0.15) is 12.0 Å². The minimum absolute atomic E-state index is 0.105. The van der Waals surface area contributed by atoms with E-state index in [-0.39, 0.29) is 11.7 Å². The highest BCUT2D eigenvalue weighted by molar-refractivity contribution is 7.99. The lowest BCUT2D eigenvalue weighted by Crippen LogP contribution is -2.40. The molecule has 1 heterocycles. The lowest BCUT2D eigenvalue weighted by molar-refractivity contribution is -0.135. The number of carbonyl (C=O) groups excluding carboxylic acids is 1. The zero-order valence-electron chi connectivity index (χ0n) is 14.1. The second-order valence-electron chi connectivity index (χ2n) is 5.91. The van der Waals surface area contributed by atoms with Gasteiger partial charge >= 0.3 is 0 Å². The van der Waals surface area contributed by atoms with Gasteiger partial charge in [-0.15, -0.1) is 0 Å². The van der Waals surface area contributed by atoms with Crippen molar-refractivity contribution in [2.75, 3.05) is 26.3 Å². The van der Waals surface area contributed by atoms with Gasteiger partial charge in [-0.05, 0) is 30.2 Å². The van der Waals surface area contributed by atoms with Crippen molar-refractivity contribution >= 4 is 40.9 Å². The first-order chi connectivity index (χ1) is 12.6. The molecule has 1 N–H and O–H groups in total. The number of morpholine rings is 1. The van der Waals surface area contributed by atoms with Crippen LogP contribution in [0.15, 0.2) is 46.2 Å². The molecule has 1 saturated heterocycles. The lowest BCUT2D eigenvalue weighted by atomic mass is 10.1. The molecule has 0 bridgehead atoms. The number of phenols is 1. The number of aromatic hydroxyl groups is 1. The minimum Gasteiger partial charge on any atom is -0.507 e. The molecule has 4 nitrogen and oxygen atoms in total. The zero-order chi connectivity index (χ0) is 18.5. The summed E-state index contributed by atoms with van der Waals surface area (Å²) in [5.41, 5.74) is 0.847. The number of para-hydroxylation sites is 1. The Balaban J connectivity index is 1.67. The number of nitrogens with zero attached hydrogens (tertiary/aromatic N) is 1. The number of carbonyl (C=O) groups is 1. The fourth-order valence-corrected chi connectivity index (χ4v) is 4.22. The van der Waals surface area contributed by atoms with Gasteiger partial charge in [-0.1, -0.05) is 53.2 Å². The van der Waals surface area contributed by atoms with Gasteiger partial charge < -0.3 is 14.7 Å². The first-order valence-corrected chi connectivity index (χ1v) is 9.91. The number of amides is 1. The number of benzene rings is 2. The number of aryl methyl sites for hydroxylation is 1. The molecule has 26 heavy (non-hydrogen) atoms. The molecule has 0 spiro atoms. The van der Waals surface area contributed by atoms with Crippen molar-refractivity contribution in [3.05, 3.63) is 52.0 Å². The van der Waals surface area contributed by atoms with Crippen LogP contribution in [0, 0.1) is 0 Å². The summed E-state index contributed by atoms with van der Waals surface area (Å²) in [5, 5.41) is 10.8. The van der Waals surface area contributed by atoms with Crippen LogP contribution in [0.2, 0.25) is 10.0 Å². The summed E-state index contributed by atoms with van der Waals surface area (Å²) in [5.74, 6) is 0.304. The van der Waals surface area contributed by atoms with Crippen molar-refractivity contribution in [3.63, 3.8) is 0 Å². The number of hydrogen-bond acceptors (Lipinski definition) is 4. The summed E-state index contributed by atoms with van der Waals surface area (Å²) in [4.78, 5) is 15.6. The summed E-state index contributed by atoms with van der Waals surface area (Å²) >= 11 is 14.2. The second-order valence-corrected chi connectivity index (χ2v) is 7.75. The number of halogens is 2. The molecule has 0 unspecified atom stereocenters. The molecule has 3 rings (SSSR count). The summed E-state index contributed by atoms with van der Waals surface area (Å²) in [6, 6.07) is 10.8. The Kier molecular flexibility index (Phi) is 6.70. The predicted octanol–water partition coefficient (Wildman–Crippen LogP) is 4.64. The summed E-state index contributed by atoms with van der Waals surface area (Å²) < 4.78 is 5.27. The molecular formula is C19H19Cl2NO3S. The maximum absolute atomic E-state index is 12.3. The number of rotatable bonds is 5. The number of phenolic OH excluding ortho intramolecular Hbond substituents is 1. The smallest absolute Gasteiger partial charge is 0.223 e. The molecule has 7 heteroatoms. The SMILES string of the molecule is O=C(CCc1ccc(Sc2ccccc2O)c(Cl)c1Cl)N1CCOCC1. The van der Waals surface area contributed by atoms with Gasteiger partial charge in [0.1, 0.15) is 5.75 Å². The maximum atomic E-state index is 12.3. The van der Waals surface area contributed by atoms with Gasteiger partial charge in [0.15, 0.2) is 0 Å².